The summed E-state index contributed by atoms with van der Waals surface area (Å²) in [5.74, 6) is 0. The molecule has 0 saturated heterocycles. The van der Waals surface area contributed by atoms with E-state index in [0.717, 1.165) is 9.87 Å². The standard InChI is InChI=1S/C9H15N3O2S.ClH/c1-12(2)15(13,14)11-9-5-3-8(7-10)4-6-9;/h3-6,11H,7,10H2,1-2H3;1H. The van der Waals surface area contributed by atoms with Gasteiger partial charge < -0.3 is 5.73 Å². The first-order valence-electron chi connectivity index (χ1n) is 4.45. The smallest absolute Gasteiger partial charge is 0.301 e. The van der Waals surface area contributed by atoms with Crippen molar-refractivity contribution in [2.45, 2.75) is 6.54 Å². The zero-order chi connectivity index (χ0) is 11.5. The molecule has 0 fully saturated rings. The Morgan fingerprint density at radius 2 is 1.75 bits per heavy atom. The van der Waals surface area contributed by atoms with Gasteiger partial charge in [0, 0.05) is 26.3 Å². The molecular weight excluding hydrogens is 250 g/mol. The Morgan fingerprint density at radius 1 is 1.25 bits per heavy atom. The molecule has 0 atom stereocenters. The van der Waals surface area contributed by atoms with Gasteiger partial charge in [-0.2, -0.15) is 12.7 Å². The second-order valence-electron chi connectivity index (χ2n) is 3.29. The predicted octanol–water partition coefficient (Wildman–Crippen LogP) is 0.785. The van der Waals surface area contributed by atoms with E-state index in [0.29, 0.717) is 12.2 Å². The zero-order valence-corrected chi connectivity index (χ0v) is 10.8. The molecule has 0 aliphatic heterocycles. The van der Waals surface area contributed by atoms with Gasteiger partial charge in [0.1, 0.15) is 0 Å². The van der Waals surface area contributed by atoms with Gasteiger partial charge in [-0.05, 0) is 17.7 Å². The molecule has 1 aromatic rings. The van der Waals surface area contributed by atoms with Gasteiger partial charge in [-0.15, -0.1) is 12.4 Å². The fourth-order valence-corrected chi connectivity index (χ4v) is 1.57. The van der Waals surface area contributed by atoms with Crippen LogP contribution < -0.4 is 10.5 Å². The number of rotatable bonds is 4. The second-order valence-corrected chi connectivity index (χ2v) is 5.18. The number of hydrogen-bond donors (Lipinski definition) is 2. The molecule has 0 aromatic heterocycles. The van der Waals surface area contributed by atoms with Crippen molar-refractivity contribution in [1.82, 2.24) is 4.31 Å². The van der Waals surface area contributed by atoms with Gasteiger partial charge in [-0.25, -0.2) is 0 Å². The van der Waals surface area contributed by atoms with E-state index in [4.69, 9.17) is 5.73 Å². The summed E-state index contributed by atoms with van der Waals surface area (Å²) in [6.45, 7) is 0.445. The molecule has 0 unspecified atom stereocenters. The van der Waals surface area contributed by atoms with E-state index in [9.17, 15) is 8.42 Å². The largest absolute Gasteiger partial charge is 0.326 e. The van der Waals surface area contributed by atoms with Crippen LogP contribution in [-0.2, 0) is 16.8 Å². The zero-order valence-electron chi connectivity index (χ0n) is 9.17. The molecule has 1 aromatic carbocycles. The van der Waals surface area contributed by atoms with Gasteiger partial charge in [0.05, 0.1) is 0 Å². The van der Waals surface area contributed by atoms with Crippen molar-refractivity contribution in [2.24, 2.45) is 5.73 Å². The summed E-state index contributed by atoms with van der Waals surface area (Å²) in [6, 6.07) is 6.94. The molecule has 0 amide bonds. The first-order valence-corrected chi connectivity index (χ1v) is 5.89. The SMILES string of the molecule is CN(C)S(=O)(=O)Nc1ccc(CN)cc1.Cl. The number of nitrogens with zero attached hydrogens (tertiary/aromatic N) is 1. The molecule has 5 nitrogen and oxygen atoms in total. The molecule has 0 heterocycles. The minimum Gasteiger partial charge on any atom is -0.326 e. The van der Waals surface area contributed by atoms with E-state index in [1.165, 1.54) is 14.1 Å². The fourth-order valence-electron chi connectivity index (χ4n) is 0.949. The van der Waals surface area contributed by atoms with Crippen molar-refractivity contribution >= 4 is 28.3 Å². The maximum atomic E-state index is 11.4. The molecule has 0 bridgehead atoms. The number of anilines is 1. The molecule has 1 rings (SSSR count). The summed E-state index contributed by atoms with van der Waals surface area (Å²) in [7, 11) is -0.481. The average Bonchev–Trinajstić information content (AvgIpc) is 2.18. The predicted molar refractivity (Wildman–Crippen MR) is 67.8 cm³/mol. The first kappa shape index (κ1) is 15.2. The van der Waals surface area contributed by atoms with Crippen LogP contribution in [0.2, 0.25) is 0 Å². The van der Waals surface area contributed by atoms with E-state index in [1.807, 2.05) is 0 Å². The molecule has 0 spiro atoms. The topological polar surface area (TPSA) is 75.4 Å². The van der Waals surface area contributed by atoms with Crippen LogP contribution in [0.3, 0.4) is 0 Å². The highest BCUT2D eigenvalue weighted by Crippen LogP contribution is 2.11. The van der Waals surface area contributed by atoms with E-state index in [2.05, 4.69) is 4.72 Å². The minimum atomic E-state index is -3.42. The third-order valence-electron chi connectivity index (χ3n) is 1.92. The van der Waals surface area contributed by atoms with Crippen molar-refractivity contribution in [3.63, 3.8) is 0 Å². The van der Waals surface area contributed by atoms with E-state index in [-0.39, 0.29) is 12.4 Å². The van der Waals surface area contributed by atoms with Crippen LogP contribution in [0.4, 0.5) is 5.69 Å². The fraction of sp³-hybridized carbons (Fsp3) is 0.333. The minimum absolute atomic E-state index is 0. The molecule has 0 aliphatic rings. The Hall–Kier alpha value is -0.820. The number of halogens is 1. The van der Waals surface area contributed by atoms with Gasteiger partial charge in [0.25, 0.3) is 0 Å². The lowest BCUT2D eigenvalue weighted by Crippen LogP contribution is -2.28. The summed E-state index contributed by atoms with van der Waals surface area (Å²) in [5, 5.41) is 0. The monoisotopic (exact) mass is 265 g/mol. The molecular formula is C9H16ClN3O2S. The maximum Gasteiger partial charge on any atom is 0.301 e. The van der Waals surface area contributed by atoms with E-state index in [1.54, 1.807) is 24.3 Å². The summed E-state index contributed by atoms with van der Waals surface area (Å²) in [6.07, 6.45) is 0. The first-order chi connectivity index (χ1) is 6.95. The van der Waals surface area contributed by atoms with E-state index >= 15 is 0 Å². The Kier molecular flexibility index (Phi) is 5.74. The molecule has 7 heteroatoms. The summed E-state index contributed by atoms with van der Waals surface area (Å²) < 4.78 is 26.4. The number of benzene rings is 1. The molecule has 92 valence electrons. The van der Waals surface area contributed by atoms with Crippen LogP contribution >= 0.6 is 12.4 Å². The number of hydrogen-bond acceptors (Lipinski definition) is 3. The van der Waals surface area contributed by atoms with Crippen molar-refractivity contribution in [3.05, 3.63) is 29.8 Å². The van der Waals surface area contributed by atoms with Gasteiger partial charge in [0.2, 0.25) is 0 Å². The van der Waals surface area contributed by atoms with Crippen molar-refractivity contribution in [3.8, 4) is 0 Å². The third kappa shape index (κ3) is 3.97. The Bertz CT molecular complexity index is 417. The van der Waals surface area contributed by atoms with Crippen LogP contribution in [0.15, 0.2) is 24.3 Å². The highest BCUT2D eigenvalue weighted by molar-refractivity contribution is 7.90. The van der Waals surface area contributed by atoms with Crippen molar-refractivity contribution in [1.29, 1.82) is 0 Å². The normalized spacial score (nSPS) is 11.0. The highest BCUT2D eigenvalue weighted by atomic mass is 35.5. The van der Waals surface area contributed by atoms with Gasteiger partial charge in [-0.1, -0.05) is 12.1 Å². The lowest BCUT2D eigenvalue weighted by Gasteiger charge is -2.13. The lowest BCUT2D eigenvalue weighted by molar-refractivity contribution is 0.527. The maximum absolute atomic E-state index is 11.4. The van der Waals surface area contributed by atoms with Crippen LogP contribution in [-0.4, -0.2) is 26.8 Å². The average molecular weight is 266 g/mol. The Labute approximate surface area is 102 Å². The van der Waals surface area contributed by atoms with Crippen molar-refractivity contribution < 1.29 is 8.42 Å². The second kappa shape index (κ2) is 6.05. The van der Waals surface area contributed by atoms with Crippen LogP contribution in [0.1, 0.15) is 5.56 Å². The highest BCUT2D eigenvalue weighted by Gasteiger charge is 2.12. The molecule has 16 heavy (non-hydrogen) atoms. The molecule has 0 radical (unpaired) electrons. The summed E-state index contributed by atoms with van der Waals surface area (Å²) in [5.41, 5.74) is 6.92. The van der Waals surface area contributed by atoms with Gasteiger partial charge in [0.15, 0.2) is 0 Å². The van der Waals surface area contributed by atoms with Crippen molar-refractivity contribution in [2.75, 3.05) is 18.8 Å². The van der Waals surface area contributed by atoms with Gasteiger partial charge in [-0.3, -0.25) is 4.72 Å². The van der Waals surface area contributed by atoms with Crippen LogP contribution in [0, 0.1) is 0 Å². The van der Waals surface area contributed by atoms with Crippen LogP contribution in [0.25, 0.3) is 0 Å². The van der Waals surface area contributed by atoms with E-state index < -0.39 is 10.2 Å². The summed E-state index contributed by atoms with van der Waals surface area (Å²) in [4.78, 5) is 0. The third-order valence-corrected chi connectivity index (χ3v) is 3.37. The lowest BCUT2D eigenvalue weighted by atomic mass is 10.2. The molecule has 0 aliphatic carbocycles. The van der Waals surface area contributed by atoms with Gasteiger partial charge >= 0.3 is 10.2 Å². The number of nitrogens with one attached hydrogen (secondary N) is 1. The van der Waals surface area contributed by atoms with Crippen LogP contribution in [0.5, 0.6) is 0 Å². The summed E-state index contributed by atoms with van der Waals surface area (Å²) >= 11 is 0. The Balaban J connectivity index is 0.00000225. The quantitative estimate of drug-likeness (QED) is 0.845. The Morgan fingerprint density at radius 3 is 2.12 bits per heavy atom. The molecule has 0 saturated carbocycles. The molecule has 3 N–H and O–H groups in total. The number of nitrogens with two attached hydrogens (primary N) is 1.